The fourth-order valence-corrected chi connectivity index (χ4v) is 3.54. The third kappa shape index (κ3) is 2.08. The molecule has 0 spiro atoms. The monoisotopic (exact) mass is 219 g/mol. The van der Waals surface area contributed by atoms with Crippen molar-refractivity contribution in [1.82, 2.24) is 9.03 Å². The van der Waals surface area contributed by atoms with Crippen molar-refractivity contribution in [3.8, 4) is 0 Å². The largest absolute Gasteiger partial charge is 0.328 e. The van der Waals surface area contributed by atoms with Crippen LogP contribution in [0.15, 0.2) is 0 Å². The summed E-state index contributed by atoms with van der Waals surface area (Å²) in [5.41, 5.74) is 5.78. The summed E-state index contributed by atoms with van der Waals surface area (Å²) < 4.78 is 26.9. The second-order valence-electron chi connectivity index (χ2n) is 4.20. The standard InChI is InChI=1S/C8H17N3O2S/c9-8-2-1-7(5-8)6-11-4-3-10-14(11,12)13/h7-8,10H,1-6,9H2. The Balaban J connectivity index is 1.92. The smallest absolute Gasteiger partial charge is 0.279 e. The average molecular weight is 219 g/mol. The molecule has 1 heterocycles. The van der Waals surface area contributed by atoms with Crippen molar-refractivity contribution in [3.63, 3.8) is 0 Å². The Labute approximate surface area is 84.8 Å². The zero-order valence-corrected chi connectivity index (χ0v) is 8.96. The minimum atomic E-state index is -3.15. The quantitative estimate of drug-likeness (QED) is 0.642. The number of rotatable bonds is 2. The summed E-state index contributed by atoms with van der Waals surface area (Å²) in [6.45, 7) is 1.79. The average Bonchev–Trinajstić information content (AvgIpc) is 2.61. The molecule has 1 aliphatic heterocycles. The second-order valence-corrected chi connectivity index (χ2v) is 5.95. The third-order valence-corrected chi connectivity index (χ3v) is 4.61. The van der Waals surface area contributed by atoms with E-state index in [9.17, 15) is 8.42 Å². The normalized spacial score (nSPS) is 37.8. The number of hydrogen-bond acceptors (Lipinski definition) is 3. The van der Waals surface area contributed by atoms with Crippen LogP contribution in [0.5, 0.6) is 0 Å². The summed E-state index contributed by atoms with van der Waals surface area (Å²) in [6.07, 6.45) is 3.06. The molecule has 3 N–H and O–H groups in total. The predicted octanol–water partition coefficient (Wildman–Crippen LogP) is -0.736. The third-order valence-electron chi connectivity index (χ3n) is 3.03. The van der Waals surface area contributed by atoms with E-state index in [2.05, 4.69) is 4.72 Å². The molecular weight excluding hydrogens is 202 g/mol. The van der Waals surface area contributed by atoms with Crippen LogP contribution in [-0.2, 0) is 10.2 Å². The van der Waals surface area contributed by atoms with Gasteiger partial charge < -0.3 is 5.73 Å². The van der Waals surface area contributed by atoms with Crippen molar-refractivity contribution < 1.29 is 8.42 Å². The van der Waals surface area contributed by atoms with Gasteiger partial charge in [-0.05, 0) is 25.2 Å². The van der Waals surface area contributed by atoms with Crippen molar-refractivity contribution in [3.05, 3.63) is 0 Å². The van der Waals surface area contributed by atoms with Gasteiger partial charge in [0.25, 0.3) is 10.2 Å². The summed E-state index contributed by atoms with van der Waals surface area (Å²) in [7, 11) is -3.15. The van der Waals surface area contributed by atoms with Gasteiger partial charge in [0.15, 0.2) is 0 Å². The van der Waals surface area contributed by atoms with Gasteiger partial charge in [-0.15, -0.1) is 0 Å². The van der Waals surface area contributed by atoms with Crippen LogP contribution in [-0.4, -0.2) is 38.4 Å². The first-order valence-corrected chi connectivity index (χ1v) is 6.52. The number of nitrogens with two attached hydrogens (primary N) is 1. The van der Waals surface area contributed by atoms with E-state index in [1.165, 1.54) is 4.31 Å². The van der Waals surface area contributed by atoms with Crippen LogP contribution in [0.3, 0.4) is 0 Å². The Kier molecular flexibility index (Phi) is 2.79. The lowest BCUT2D eigenvalue weighted by atomic mass is 10.1. The van der Waals surface area contributed by atoms with E-state index >= 15 is 0 Å². The van der Waals surface area contributed by atoms with Crippen LogP contribution >= 0.6 is 0 Å². The SMILES string of the molecule is NC1CCC(CN2CCNS2(=O)=O)C1. The first-order chi connectivity index (χ1) is 6.58. The van der Waals surface area contributed by atoms with Crippen LogP contribution < -0.4 is 10.5 Å². The van der Waals surface area contributed by atoms with E-state index in [-0.39, 0.29) is 6.04 Å². The van der Waals surface area contributed by atoms with Crippen molar-refractivity contribution in [2.75, 3.05) is 19.6 Å². The molecule has 14 heavy (non-hydrogen) atoms. The Hall–Kier alpha value is -0.170. The minimum Gasteiger partial charge on any atom is -0.328 e. The molecule has 1 saturated carbocycles. The van der Waals surface area contributed by atoms with Crippen LogP contribution in [0.4, 0.5) is 0 Å². The second kappa shape index (κ2) is 3.77. The molecule has 2 fully saturated rings. The zero-order valence-electron chi connectivity index (χ0n) is 8.15. The molecule has 1 saturated heterocycles. The lowest BCUT2D eigenvalue weighted by Gasteiger charge is -2.17. The molecule has 2 rings (SSSR count). The highest BCUT2D eigenvalue weighted by Gasteiger charge is 2.32. The van der Waals surface area contributed by atoms with Gasteiger partial charge in [0, 0.05) is 25.7 Å². The summed E-state index contributed by atoms with van der Waals surface area (Å²) in [5.74, 6) is 0.458. The Morgan fingerprint density at radius 3 is 2.71 bits per heavy atom. The lowest BCUT2D eigenvalue weighted by molar-refractivity contribution is 0.367. The Morgan fingerprint density at radius 1 is 1.43 bits per heavy atom. The maximum absolute atomic E-state index is 11.4. The van der Waals surface area contributed by atoms with E-state index in [4.69, 9.17) is 5.73 Å². The maximum Gasteiger partial charge on any atom is 0.279 e. The summed E-state index contributed by atoms with van der Waals surface area (Å²) >= 11 is 0. The van der Waals surface area contributed by atoms with E-state index in [1.54, 1.807) is 0 Å². The van der Waals surface area contributed by atoms with Crippen molar-refractivity contribution in [1.29, 1.82) is 0 Å². The predicted molar refractivity (Wildman–Crippen MR) is 53.8 cm³/mol. The first-order valence-electron chi connectivity index (χ1n) is 5.08. The molecule has 0 amide bonds. The van der Waals surface area contributed by atoms with E-state index in [0.29, 0.717) is 25.6 Å². The highest BCUT2D eigenvalue weighted by molar-refractivity contribution is 7.87. The van der Waals surface area contributed by atoms with Crippen LogP contribution in [0, 0.1) is 5.92 Å². The molecule has 0 aromatic heterocycles. The fraction of sp³-hybridized carbons (Fsp3) is 1.00. The summed E-state index contributed by atoms with van der Waals surface area (Å²) in [5, 5.41) is 0. The van der Waals surface area contributed by atoms with Gasteiger partial charge in [-0.3, -0.25) is 0 Å². The minimum absolute atomic E-state index is 0.276. The molecule has 0 radical (unpaired) electrons. The molecule has 2 atom stereocenters. The molecular formula is C8H17N3O2S. The van der Waals surface area contributed by atoms with Crippen LogP contribution in [0.1, 0.15) is 19.3 Å². The molecule has 2 unspecified atom stereocenters. The zero-order chi connectivity index (χ0) is 10.2. The molecule has 5 nitrogen and oxygen atoms in total. The maximum atomic E-state index is 11.4. The van der Waals surface area contributed by atoms with E-state index in [0.717, 1.165) is 19.3 Å². The lowest BCUT2D eigenvalue weighted by Crippen LogP contribution is -2.33. The summed E-state index contributed by atoms with van der Waals surface area (Å²) in [4.78, 5) is 0. The molecule has 1 aliphatic carbocycles. The van der Waals surface area contributed by atoms with Crippen LogP contribution in [0.2, 0.25) is 0 Å². The van der Waals surface area contributed by atoms with Gasteiger partial charge in [0.05, 0.1) is 0 Å². The topological polar surface area (TPSA) is 75.4 Å². The molecule has 82 valence electrons. The first kappa shape index (κ1) is 10.4. The van der Waals surface area contributed by atoms with Crippen molar-refractivity contribution in [2.45, 2.75) is 25.3 Å². The molecule has 0 aromatic carbocycles. The highest BCUT2D eigenvalue weighted by Crippen LogP contribution is 2.26. The van der Waals surface area contributed by atoms with Crippen LogP contribution in [0.25, 0.3) is 0 Å². The van der Waals surface area contributed by atoms with Gasteiger partial charge in [-0.2, -0.15) is 12.7 Å². The Bertz CT molecular complexity index is 304. The Morgan fingerprint density at radius 2 is 2.21 bits per heavy atom. The molecule has 2 aliphatic rings. The number of hydrogen-bond donors (Lipinski definition) is 2. The van der Waals surface area contributed by atoms with Gasteiger partial charge >= 0.3 is 0 Å². The molecule has 6 heteroatoms. The molecule has 0 aromatic rings. The van der Waals surface area contributed by atoms with Crippen molar-refractivity contribution in [2.24, 2.45) is 11.7 Å². The van der Waals surface area contributed by atoms with Crippen molar-refractivity contribution >= 4 is 10.2 Å². The van der Waals surface area contributed by atoms with Gasteiger partial charge in [0.2, 0.25) is 0 Å². The fourth-order valence-electron chi connectivity index (χ4n) is 2.27. The van der Waals surface area contributed by atoms with Gasteiger partial charge in [0.1, 0.15) is 0 Å². The highest BCUT2D eigenvalue weighted by atomic mass is 32.2. The van der Waals surface area contributed by atoms with Gasteiger partial charge in [-0.1, -0.05) is 0 Å². The van der Waals surface area contributed by atoms with Gasteiger partial charge in [-0.25, -0.2) is 4.72 Å². The molecule has 0 bridgehead atoms. The van der Waals surface area contributed by atoms with E-state index < -0.39 is 10.2 Å². The summed E-state index contributed by atoms with van der Waals surface area (Å²) in [6, 6.07) is 0.276. The number of nitrogens with zero attached hydrogens (tertiary/aromatic N) is 1. The number of nitrogens with one attached hydrogen (secondary N) is 1. The van der Waals surface area contributed by atoms with E-state index in [1.807, 2.05) is 0 Å².